The quantitative estimate of drug-likeness (QED) is 0.877. The molecule has 1 aromatic carbocycles. The molecule has 2 aromatic rings. The fourth-order valence-electron chi connectivity index (χ4n) is 3.06. The number of anilines is 1. The van der Waals surface area contributed by atoms with E-state index < -0.39 is 0 Å². The Balaban J connectivity index is 2.18. The first-order valence-electron chi connectivity index (χ1n) is 6.48. The molecule has 1 aromatic heterocycles. The molecule has 0 radical (unpaired) electrons. The molecule has 3 heteroatoms. The topological polar surface area (TPSA) is 38.1 Å². The first-order chi connectivity index (χ1) is 8.75. The zero-order valence-corrected chi connectivity index (χ0v) is 10.9. The molecule has 0 bridgehead atoms. The monoisotopic (exact) mass is 242 g/mol. The second-order valence-electron chi connectivity index (χ2n) is 5.14. The largest absolute Gasteiger partial charge is 0.357 e. The molecule has 3 nitrogen and oxygen atoms in total. The van der Waals surface area contributed by atoms with Gasteiger partial charge in [-0.3, -0.25) is 0 Å². The molecule has 0 spiro atoms. The van der Waals surface area contributed by atoms with Crippen molar-refractivity contribution in [1.29, 1.82) is 0 Å². The molecule has 0 amide bonds. The van der Waals surface area contributed by atoms with Crippen LogP contribution in [0.2, 0.25) is 0 Å². The Morgan fingerprint density at radius 1 is 1.28 bits per heavy atom. The molecule has 18 heavy (non-hydrogen) atoms. The number of nitrogens with one attached hydrogen (secondary N) is 1. The minimum atomic E-state index is 0.00713. The van der Waals surface area contributed by atoms with Gasteiger partial charge in [-0.15, -0.1) is 0 Å². The van der Waals surface area contributed by atoms with Crippen molar-refractivity contribution in [3.63, 3.8) is 0 Å². The van der Waals surface area contributed by atoms with Crippen LogP contribution in [0, 0.1) is 0 Å². The van der Waals surface area contributed by atoms with Crippen LogP contribution in [0.1, 0.15) is 36.6 Å². The van der Waals surface area contributed by atoms with Gasteiger partial charge in [0.2, 0.25) is 5.88 Å². The van der Waals surface area contributed by atoms with Gasteiger partial charge < -0.3 is 9.84 Å². The number of benzene rings is 1. The Labute approximate surface area is 107 Å². The predicted molar refractivity (Wildman–Crippen MR) is 71.9 cm³/mol. The highest BCUT2D eigenvalue weighted by molar-refractivity contribution is 5.54. The zero-order chi connectivity index (χ0) is 12.6. The first-order valence-corrected chi connectivity index (χ1v) is 6.48. The SMILES string of the molecule is CNc1onc2c1C(C)(c1ccccc1)CCC2. The minimum Gasteiger partial charge on any atom is -0.357 e. The molecule has 0 aliphatic heterocycles. The van der Waals surface area contributed by atoms with Gasteiger partial charge in [0.25, 0.3) is 0 Å². The Morgan fingerprint density at radius 3 is 2.78 bits per heavy atom. The van der Waals surface area contributed by atoms with E-state index in [1.165, 1.54) is 11.1 Å². The van der Waals surface area contributed by atoms with E-state index in [2.05, 4.69) is 47.7 Å². The maximum absolute atomic E-state index is 5.42. The van der Waals surface area contributed by atoms with Gasteiger partial charge in [-0.05, 0) is 24.8 Å². The van der Waals surface area contributed by atoms with Gasteiger partial charge in [0, 0.05) is 12.5 Å². The van der Waals surface area contributed by atoms with E-state index in [0.29, 0.717) is 0 Å². The predicted octanol–water partition coefficient (Wildman–Crippen LogP) is 3.36. The standard InChI is InChI=1S/C15H18N2O/c1-15(11-7-4-3-5-8-11)10-6-9-12-13(15)14(16-2)18-17-12/h3-5,7-8,16H,6,9-10H2,1-2H3. The van der Waals surface area contributed by atoms with E-state index in [-0.39, 0.29) is 5.41 Å². The summed E-state index contributed by atoms with van der Waals surface area (Å²) in [5.74, 6) is 0.816. The second kappa shape index (κ2) is 4.16. The van der Waals surface area contributed by atoms with Crippen LogP contribution in [0.15, 0.2) is 34.9 Å². The number of fused-ring (bicyclic) bond motifs is 1. The summed E-state index contributed by atoms with van der Waals surface area (Å²) in [7, 11) is 1.89. The van der Waals surface area contributed by atoms with Crippen molar-refractivity contribution in [2.45, 2.75) is 31.6 Å². The Morgan fingerprint density at radius 2 is 2.06 bits per heavy atom. The van der Waals surface area contributed by atoms with Crippen LogP contribution in [-0.4, -0.2) is 12.2 Å². The Hall–Kier alpha value is -1.77. The maximum Gasteiger partial charge on any atom is 0.228 e. The molecule has 1 atom stereocenters. The molecule has 1 aliphatic carbocycles. The summed E-state index contributed by atoms with van der Waals surface area (Å²) in [4.78, 5) is 0. The van der Waals surface area contributed by atoms with Crippen LogP contribution in [0.5, 0.6) is 0 Å². The van der Waals surface area contributed by atoms with E-state index >= 15 is 0 Å². The lowest BCUT2D eigenvalue weighted by Crippen LogP contribution is -2.29. The third kappa shape index (κ3) is 1.54. The summed E-state index contributed by atoms with van der Waals surface area (Å²) >= 11 is 0. The van der Waals surface area contributed by atoms with Crippen LogP contribution in [-0.2, 0) is 11.8 Å². The van der Waals surface area contributed by atoms with E-state index in [0.717, 1.165) is 30.8 Å². The summed E-state index contributed by atoms with van der Waals surface area (Å²) in [6, 6.07) is 10.6. The maximum atomic E-state index is 5.42. The second-order valence-corrected chi connectivity index (χ2v) is 5.14. The molecule has 0 saturated carbocycles. The van der Waals surface area contributed by atoms with Crippen LogP contribution in [0.4, 0.5) is 5.88 Å². The van der Waals surface area contributed by atoms with E-state index in [9.17, 15) is 0 Å². The van der Waals surface area contributed by atoms with Crippen molar-refractivity contribution in [3.8, 4) is 0 Å². The molecule has 1 unspecified atom stereocenters. The minimum absolute atomic E-state index is 0.00713. The van der Waals surface area contributed by atoms with Crippen LogP contribution in [0.25, 0.3) is 0 Å². The van der Waals surface area contributed by atoms with E-state index in [1.807, 2.05) is 7.05 Å². The smallest absolute Gasteiger partial charge is 0.228 e. The highest BCUT2D eigenvalue weighted by Gasteiger charge is 2.38. The summed E-state index contributed by atoms with van der Waals surface area (Å²) < 4.78 is 5.42. The van der Waals surface area contributed by atoms with Crippen molar-refractivity contribution in [2.24, 2.45) is 0 Å². The molecule has 1 heterocycles. The number of aromatic nitrogens is 1. The van der Waals surface area contributed by atoms with Gasteiger partial charge in [-0.25, -0.2) is 0 Å². The lowest BCUT2D eigenvalue weighted by molar-refractivity contribution is 0.423. The zero-order valence-electron chi connectivity index (χ0n) is 10.9. The van der Waals surface area contributed by atoms with Crippen molar-refractivity contribution in [3.05, 3.63) is 47.2 Å². The number of rotatable bonds is 2. The summed E-state index contributed by atoms with van der Waals surface area (Å²) in [6.45, 7) is 2.29. The molecule has 0 fully saturated rings. The molecular weight excluding hydrogens is 224 g/mol. The number of hydrogen-bond donors (Lipinski definition) is 1. The van der Waals surface area contributed by atoms with Gasteiger partial charge >= 0.3 is 0 Å². The van der Waals surface area contributed by atoms with Crippen LogP contribution >= 0.6 is 0 Å². The molecule has 3 rings (SSSR count). The van der Waals surface area contributed by atoms with Gasteiger partial charge in [0.1, 0.15) is 0 Å². The Bertz CT molecular complexity index is 533. The highest BCUT2D eigenvalue weighted by atomic mass is 16.5. The molecule has 0 saturated heterocycles. The summed E-state index contributed by atoms with van der Waals surface area (Å²) in [5.41, 5.74) is 3.69. The lowest BCUT2D eigenvalue weighted by atomic mass is 9.69. The van der Waals surface area contributed by atoms with Gasteiger partial charge in [-0.2, -0.15) is 0 Å². The third-order valence-corrected chi connectivity index (χ3v) is 4.04. The van der Waals surface area contributed by atoms with Crippen molar-refractivity contribution in [2.75, 3.05) is 12.4 Å². The van der Waals surface area contributed by atoms with E-state index in [4.69, 9.17) is 4.52 Å². The van der Waals surface area contributed by atoms with Crippen molar-refractivity contribution in [1.82, 2.24) is 5.16 Å². The molecule has 1 N–H and O–H groups in total. The van der Waals surface area contributed by atoms with Crippen LogP contribution in [0.3, 0.4) is 0 Å². The fraction of sp³-hybridized carbons (Fsp3) is 0.400. The average Bonchev–Trinajstić information content (AvgIpc) is 2.85. The fourth-order valence-corrected chi connectivity index (χ4v) is 3.06. The normalized spacial score (nSPS) is 22.6. The highest BCUT2D eigenvalue weighted by Crippen LogP contribution is 2.45. The molecule has 1 aliphatic rings. The molecular formula is C15H18N2O. The van der Waals surface area contributed by atoms with Crippen LogP contribution < -0.4 is 5.32 Å². The number of nitrogens with zero attached hydrogens (tertiary/aromatic N) is 1. The van der Waals surface area contributed by atoms with Gasteiger partial charge in [0.15, 0.2) is 0 Å². The van der Waals surface area contributed by atoms with Crippen molar-refractivity contribution >= 4 is 5.88 Å². The lowest BCUT2D eigenvalue weighted by Gasteiger charge is -2.33. The third-order valence-electron chi connectivity index (χ3n) is 4.04. The Kier molecular flexibility index (Phi) is 2.62. The van der Waals surface area contributed by atoms with Gasteiger partial charge in [0.05, 0.1) is 11.3 Å². The van der Waals surface area contributed by atoms with E-state index in [1.54, 1.807) is 0 Å². The number of hydrogen-bond acceptors (Lipinski definition) is 3. The summed E-state index contributed by atoms with van der Waals surface area (Å²) in [5, 5.41) is 7.34. The van der Waals surface area contributed by atoms with Crippen molar-refractivity contribution < 1.29 is 4.52 Å². The molecule has 94 valence electrons. The van der Waals surface area contributed by atoms with Gasteiger partial charge in [-0.1, -0.05) is 42.4 Å². The first kappa shape index (κ1) is 11.3. The average molecular weight is 242 g/mol. The summed E-state index contributed by atoms with van der Waals surface area (Å²) in [6.07, 6.45) is 3.32. The number of aryl methyl sites for hydroxylation is 1.